The zero-order chi connectivity index (χ0) is 19.7. The van der Waals surface area contributed by atoms with Crippen LogP contribution in [-0.2, 0) is 13.0 Å². The van der Waals surface area contributed by atoms with Crippen LogP contribution in [0.3, 0.4) is 0 Å². The lowest BCUT2D eigenvalue weighted by molar-refractivity contribution is -0.385. The van der Waals surface area contributed by atoms with Crippen molar-refractivity contribution in [1.29, 1.82) is 0 Å². The Labute approximate surface area is 156 Å². The molecule has 1 aromatic carbocycles. The number of carbonyl (C=O) groups is 1. The number of fused-ring (bicyclic) bond motifs is 1. The Kier molecular flexibility index (Phi) is 4.91. The molecule has 0 radical (unpaired) electrons. The van der Waals surface area contributed by atoms with Crippen LogP contribution in [0.5, 0.6) is 0 Å². The summed E-state index contributed by atoms with van der Waals surface area (Å²) in [6.45, 7) is 1.41. The minimum absolute atomic E-state index is 0.0402. The molecule has 0 unspecified atom stereocenters. The van der Waals surface area contributed by atoms with Gasteiger partial charge in [-0.2, -0.15) is 9.61 Å². The van der Waals surface area contributed by atoms with Crippen molar-refractivity contribution in [1.82, 2.24) is 14.6 Å². The molecule has 3 rings (SSSR count). The van der Waals surface area contributed by atoms with Crippen LogP contribution in [0.1, 0.15) is 18.1 Å². The molecule has 0 aliphatic heterocycles. The summed E-state index contributed by atoms with van der Waals surface area (Å²) in [4.78, 5) is 27.0. The van der Waals surface area contributed by atoms with Gasteiger partial charge in [0.1, 0.15) is 16.8 Å². The summed E-state index contributed by atoms with van der Waals surface area (Å²) in [6.07, 6.45) is 0.733. The lowest BCUT2D eigenvalue weighted by atomic mass is 10.1. The molecule has 2 heterocycles. The highest BCUT2D eigenvalue weighted by molar-refractivity contribution is 6.29. The lowest BCUT2D eigenvalue weighted by Crippen LogP contribution is -2.31. The minimum Gasteiger partial charge on any atom is -0.465 e. The summed E-state index contributed by atoms with van der Waals surface area (Å²) >= 11 is 6.02. The number of rotatable bonds is 5. The molecule has 9 nitrogen and oxygen atoms in total. The molecule has 0 saturated carbocycles. The standard InChI is InChI=1S/C16H13ClFN5O4/c1-2-9-7-19-22-14(6-13(17)20-15(9)22)21(16(24)25)8-10-5-11(23(26)27)3-4-12(10)18/h3-7H,2,8H2,1H3,(H,24,25). The molecule has 1 N–H and O–H groups in total. The number of aryl methyl sites for hydroxylation is 1. The molecule has 2 aromatic heterocycles. The number of hydrogen-bond donors (Lipinski definition) is 1. The third-order valence-electron chi connectivity index (χ3n) is 3.95. The number of aromatic nitrogens is 3. The van der Waals surface area contributed by atoms with E-state index in [9.17, 15) is 24.4 Å². The SMILES string of the molecule is CCc1cnn2c(N(Cc3cc([N+](=O)[O-])ccc3F)C(=O)O)cc(Cl)nc12. The van der Waals surface area contributed by atoms with Crippen molar-refractivity contribution >= 4 is 34.8 Å². The van der Waals surface area contributed by atoms with Gasteiger partial charge in [-0.05, 0) is 12.5 Å². The maximum Gasteiger partial charge on any atom is 0.413 e. The van der Waals surface area contributed by atoms with Crippen LogP contribution in [0.15, 0.2) is 30.5 Å². The predicted octanol–water partition coefficient (Wildman–Crippen LogP) is 3.68. The molecule has 0 spiro atoms. The van der Waals surface area contributed by atoms with Gasteiger partial charge in [0, 0.05) is 29.3 Å². The second kappa shape index (κ2) is 7.16. The van der Waals surface area contributed by atoms with Gasteiger partial charge in [-0.3, -0.25) is 15.0 Å². The summed E-state index contributed by atoms with van der Waals surface area (Å²) in [5, 5.41) is 24.7. The van der Waals surface area contributed by atoms with Gasteiger partial charge >= 0.3 is 6.09 Å². The van der Waals surface area contributed by atoms with E-state index in [2.05, 4.69) is 10.1 Å². The number of nitro groups is 1. The summed E-state index contributed by atoms with van der Waals surface area (Å²) in [6, 6.07) is 4.20. The summed E-state index contributed by atoms with van der Waals surface area (Å²) in [7, 11) is 0. The Morgan fingerprint density at radius 3 is 2.78 bits per heavy atom. The van der Waals surface area contributed by atoms with Gasteiger partial charge in [-0.25, -0.2) is 14.2 Å². The number of carboxylic acid groups (broad SMARTS) is 1. The van der Waals surface area contributed by atoms with Gasteiger partial charge in [0.2, 0.25) is 0 Å². The molecule has 0 bridgehead atoms. The van der Waals surface area contributed by atoms with Crippen LogP contribution in [0.2, 0.25) is 5.15 Å². The van der Waals surface area contributed by atoms with E-state index in [0.717, 1.165) is 28.7 Å². The summed E-state index contributed by atoms with van der Waals surface area (Å²) in [5.74, 6) is -0.721. The van der Waals surface area contributed by atoms with Crippen LogP contribution < -0.4 is 4.90 Å². The number of nitro benzene ring substituents is 1. The first-order chi connectivity index (χ1) is 12.8. The highest BCUT2D eigenvalue weighted by Crippen LogP contribution is 2.26. The Morgan fingerprint density at radius 2 is 2.15 bits per heavy atom. The summed E-state index contributed by atoms with van der Waals surface area (Å²) < 4.78 is 15.4. The number of anilines is 1. The van der Waals surface area contributed by atoms with Crippen LogP contribution in [-0.4, -0.2) is 30.7 Å². The first-order valence-corrected chi connectivity index (χ1v) is 8.16. The number of non-ortho nitro benzene ring substituents is 1. The highest BCUT2D eigenvalue weighted by atomic mass is 35.5. The fraction of sp³-hybridized carbons (Fsp3) is 0.188. The number of benzene rings is 1. The van der Waals surface area contributed by atoms with E-state index in [4.69, 9.17) is 11.6 Å². The third-order valence-corrected chi connectivity index (χ3v) is 4.15. The van der Waals surface area contributed by atoms with Crippen LogP contribution in [0, 0.1) is 15.9 Å². The molecular weight excluding hydrogens is 381 g/mol. The van der Waals surface area contributed by atoms with Crippen LogP contribution in [0.25, 0.3) is 5.65 Å². The highest BCUT2D eigenvalue weighted by Gasteiger charge is 2.23. The van der Waals surface area contributed by atoms with Gasteiger partial charge in [0.05, 0.1) is 17.7 Å². The van der Waals surface area contributed by atoms with E-state index >= 15 is 0 Å². The molecule has 1 amide bonds. The van der Waals surface area contributed by atoms with Crippen molar-refractivity contribution in [3.8, 4) is 0 Å². The van der Waals surface area contributed by atoms with E-state index in [1.807, 2.05) is 6.92 Å². The predicted molar refractivity (Wildman–Crippen MR) is 94.6 cm³/mol. The quantitative estimate of drug-likeness (QED) is 0.402. The zero-order valence-corrected chi connectivity index (χ0v) is 14.7. The van der Waals surface area contributed by atoms with Crippen molar-refractivity contribution in [3.05, 3.63) is 62.7 Å². The maximum absolute atomic E-state index is 14.1. The average molecular weight is 394 g/mol. The van der Waals surface area contributed by atoms with Gasteiger partial charge in [-0.1, -0.05) is 18.5 Å². The molecule has 11 heteroatoms. The molecular formula is C16H13ClFN5O4. The molecule has 0 atom stereocenters. The number of halogens is 2. The second-order valence-electron chi connectivity index (χ2n) is 5.60. The molecule has 140 valence electrons. The lowest BCUT2D eigenvalue weighted by Gasteiger charge is -2.20. The topological polar surface area (TPSA) is 114 Å². The van der Waals surface area contributed by atoms with Crippen LogP contribution in [0.4, 0.5) is 20.7 Å². The fourth-order valence-corrected chi connectivity index (χ4v) is 2.80. The van der Waals surface area contributed by atoms with E-state index in [0.29, 0.717) is 12.1 Å². The Hall–Kier alpha value is -3.27. The molecule has 0 saturated heterocycles. The molecule has 0 fully saturated rings. The van der Waals surface area contributed by atoms with Crippen molar-refractivity contribution in [3.63, 3.8) is 0 Å². The largest absolute Gasteiger partial charge is 0.465 e. The van der Waals surface area contributed by atoms with Gasteiger partial charge in [0.25, 0.3) is 5.69 Å². The Morgan fingerprint density at radius 1 is 1.41 bits per heavy atom. The zero-order valence-electron chi connectivity index (χ0n) is 14.0. The van der Waals surface area contributed by atoms with Crippen LogP contribution >= 0.6 is 11.6 Å². The molecule has 3 aromatic rings. The van der Waals surface area contributed by atoms with Gasteiger partial charge < -0.3 is 5.11 Å². The van der Waals surface area contributed by atoms with Crippen molar-refractivity contribution in [2.75, 3.05) is 4.90 Å². The number of hydrogen-bond acceptors (Lipinski definition) is 5. The van der Waals surface area contributed by atoms with E-state index in [1.165, 1.54) is 16.8 Å². The molecule has 27 heavy (non-hydrogen) atoms. The normalized spacial score (nSPS) is 10.9. The van der Waals surface area contributed by atoms with Gasteiger partial charge in [0.15, 0.2) is 5.65 Å². The first-order valence-electron chi connectivity index (χ1n) is 7.78. The minimum atomic E-state index is -1.40. The second-order valence-corrected chi connectivity index (χ2v) is 5.98. The number of amides is 1. The Balaban J connectivity index is 2.12. The van der Waals surface area contributed by atoms with E-state index in [1.54, 1.807) is 0 Å². The summed E-state index contributed by atoms with van der Waals surface area (Å²) in [5.41, 5.74) is 0.633. The first kappa shape index (κ1) is 18.5. The monoisotopic (exact) mass is 393 g/mol. The maximum atomic E-state index is 14.1. The van der Waals surface area contributed by atoms with E-state index in [-0.39, 0.29) is 22.2 Å². The smallest absolute Gasteiger partial charge is 0.413 e. The third kappa shape index (κ3) is 3.51. The molecule has 0 aliphatic rings. The van der Waals surface area contributed by atoms with Crippen molar-refractivity contribution in [2.24, 2.45) is 0 Å². The molecule has 0 aliphatic carbocycles. The number of nitrogens with zero attached hydrogens (tertiary/aromatic N) is 5. The van der Waals surface area contributed by atoms with Gasteiger partial charge in [-0.15, -0.1) is 0 Å². The Bertz CT molecular complexity index is 1050. The average Bonchev–Trinajstić information content (AvgIpc) is 3.02. The van der Waals surface area contributed by atoms with Crippen molar-refractivity contribution in [2.45, 2.75) is 19.9 Å². The van der Waals surface area contributed by atoms with Crippen molar-refractivity contribution < 1.29 is 19.2 Å². The van der Waals surface area contributed by atoms with E-state index < -0.39 is 23.4 Å². The fourth-order valence-electron chi connectivity index (χ4n) is 2.62.